The number of carbonyl (C=O) groups excluding carboxylic acids is 1. The highest BCUT2D eigenvalue weighted by molar-refractivity contribution is 5.94. The largest absolute Gasteiger partial charge is 0.339 e. The number of piperidine rings is 1. The topological polar surface area (TPSA) is 57.8 Å². The Balaban J connectivity index is 2.12. The SMILES string of the molecule is Cc1nc(C(=O)C2CCCNC2)[nH]c1C. The van der Waals surface area contributed by atoms with Gasteiger partial charge in [0.2, 0.25) is 5.78 Å². The van der Waals surface area contributed by atoms with Crippen molar-refractivity contribution >= 4 is 5.78 Å². The summed E-state index contributed by atoms with van der Waals surface area (Å²) in [7, 11) is 0. The second-order valence-corrected chi connectivity index (χ2v) is 4.20. The van der Waals surface area contributed by atoms with Gasteiger partial charge in [0.05, 0.1) is 5.69 Å². The van der Waals surface area contributed by atoms with Crippen molar-refractivity contribution in [1.82, 2.24) is 15.3 Å². The Kier molecular flexibility index (Phi) is 2.86. The van der Waals surface area contributed by atoms with Crippen LogP contribution >= 0.6 is 0 Å². The van der Waals surface area contributed by atoms with E-state index < -0.39 is 0 Å². The van der Waals surface area contributed by atoms with Gasteiger partial charge in [0.15, 0.2) is 5.82 Å². The molecule has 0 spiro atoms. The van der Waals surface area contributed by atoms with Crippen molar-refractivity contribution in [2.75, 3.05) is 13.1 Å². The van der Waals surface area contributed by atoms with Crippen molar-refractivity contribution in [3.63, 3.8) is 0 Å². The van der Waals surface area contributed by atoms with Crippen molar-refractivity contribution < 1.29 is 4.79 Å². The lowest BCUT2D eigenvalue weighted by molar-refractivity contribution is 0.0889. The van der Waals surface area contributed by atoms with E-state index >= 15 is 0 Å². The van der Waals surface area contributed by atoms with Crippen molar-refractivity contribution in [2.24, 2.45) is 5.92 Å². The molecular weight excluding hydrogens is 190 g/mol. The molecule has 0 aliphatic carbocycles. The normalized spacial score (nSPS) is 21.6. The molecule has 1 fully saturated rings. The highest BCUT2D eigenvalue weighted by atomic mass is 16.1. The minimum Gasteiger partial charge on any atom is -0.339 e. The molecule has 82 valence electrons. The maximum Gasteiger partial charge on any atom is 0.202 e. The Labute approximate surface area is 89.5 Å². The van der Waals surface area contributed by atoms with Gasteiger partial charge in [-0.25, -0.2) is 4.98 Å². The van der Waals surface area contributed by atoms with Gasteiger partial charge in [-0.15, -0.1) is 0 Å². The first kappa shape index (κ1) is 10.4. The molecule has 2 N–H and O–H groups in total. The summed E-state index contributed by atoms with van der Waals surface area (Å²) < 4.78 is 0. The lowest BCUT2D eigenvalue weighted by Gasteiger charge is -2.20. The third-order valence-corrected chi connectivity index (χ3v) is 3.03. The van der Waals surface area contributed by atoms with Crippen LogP contribution in [-0.4, -0.2) is 28.8 Å². The minimum absolute atomic E-state index is 0.101. The predicted molar refractivity (Wildman–Crippen MR) is 58.0 cm³/mol. The molecule has 0 amide bonds. The number of aromatic nitrogens is 2. The minimum atomic E-state index is 0.101. The standard InChI is InChI=1S/C11H17N3O/c1-7-8(2)14-11(13-7)10(15)9-4-3-5-12-6-9/h9,12H,3-6H2,1-2H3,(H,13,14). The third kappa shape index (κ3) is 2.09. The molecule has 4 nitrogen and oxygen atoms in total. The molecule has 15 heavy (non-hydrogen) atoms. The van der Waals surface area contributed by atoms with Gasteiger partial charge < -0.3 is 10.3 Å². The van der Waals surface area contributed by atoms with Crippen molar-refractivity contribution in [2.45, 2.75) is 26.7 Å². The Morgan fingerprint density at radius 2 is 2.27 bits per heavy atom. The number of aromatic amines is 1. The lowest BCUT2D eigenvalue weighted by atomic mass is 9.95. The molecule has 1 aromatic heterocycles. The number of imidazole rings is 1. The fourth-order valence-electron chi connectivity index (χ4n) is 1.93. The summed E-state index contributed by atoms with van der Waals surface area (Å²) >= 11 is 0. The number of carbonyl (C=O) groups is 1. The number of Topliss-reactive ketones (excluding diaryl/α,β-unsaturated/α-hetero) is 1. The summed E-state index contributed by atoms with van der Waals surface area (Å²) in [5.41, 5.74) is 1.91. The third-order valence-electron chi connectivity index (χ3n) is 3.03. The van der Waals surface area contributed by atoms with E-state index in [9.17, 15) is 4.79 Å². The van der Waals surface area contributed by atoms with Crippen LogP contribution in [0.25, 0.3) is 0 Å². The second-order valence-electron chi connectivity index (χ2n) is 4.20. The first-order valence-electron chi connectivity index (χ1n) is 5.46. The number of aryl methyl sites for hydroxylation is 2. The molecule has 0 aromatic carbocycles. The van der Waals surface area contributed by atoms with Crippen LogP contribution in [0.4, 0.5) is 0 Å². The Morgan fingerprint density at radius 3 is 2.80 bits per heavy atom. The molecule has 4 heteroatoms. The lowest BCUT2D eigenvalue weighted by Crippen LogP contribution is -2.34. The van der Waals surface area contributed by atoms with Crippen LogP contribution in [0, 0.1) is 19.8 Å². The first-order chi connectivity index (χ1) is 7.18. The van der Waals surface area contributed by atoms with Gasteiger partial charge in [-0.3, -0.25) is 4.79 Å². The van der Waals surface area contributed by atoms with E-state index in [-0.39, 0.29) is 11.7 Å². The number of nitrogens with zero attached hydrogens (tertiary/aromatic N) is 1. The molecule has 0 saturated carbocycles. The van der Waals surface area contributed by atoms with Gasteiger partial charge in [0.1, 0.15) is 0 Å². The van der Waals surface area contributed by atoms with Crippen molar-refractivity contribution in [3.05, 3.63) is 17.2 Å². The number of rotatable bonds is 2. The molecule has 1 aliphatic rings. The van der Waals surface area contributed by atoms with Crippen molar-refractivity contribution in [1.29, 1.82) is 0 Å². The summed E-state index contributed by atoms with van der Waals surface area (Å²) in [5, 5.41) is 3.24. The van der Waals surface area contributed by atoms with E-state index in [0.717, 1.165) is 37.3 Å². The summed E-state index contributed by atoms with van der Waals surface area (Å²) in [5.74, 6) is 0.779. The first-order valence-corrected chi connectivity index (χ1v) is 5.46. The van der Waals surface area contributed by atoms with Crippen LogP contribution in [0.15, 0.2) is 0 Å². The van der Waals surface area contributed by atoms with E-state index in [2.05, 4.69) is 15.3 Å². The number of H-pyrrole nitrogens is 1. The zero-order chi connectivity index (χ0) is 10.8. The smallest absolute Gasteiger partial charge is 0.202 e. The van der Waals surface area contributed by atoms with Gasteiger partial charge in [-0.2, -0.15) is 0 Å². The fraction of sp³-hybridized carbons (Fsp3) is 0.636. The van der Waals surface area contributed by atoms with E-state index in [1.54, 1.807) is 0 Å². The second kappa shape index (κ2) is 4.14. The molecule has 1 unspecified atom stereocenters. The Bertz CT molecular complexity index is 344. The summed E-state index contributed by atoms with van der Waals surface area (Å²) in [4.78, 5) is 19.3. The number of ketones is 1. The molecule has 2 rings (SSSR count). The monoisotopic (exact) mass is 207 g/mol. The predicted octanol–water partition coefficient (Wildman–Crippen LogP) is 1.21. The zero-order valence-corrected chi connectivity index (χ0v) is 9.26. The van der Waals surface area contributed by atoms with Gasteiger partial charge in [0.25, 0.3) is 0 Å². The number of hydrogen-bond donors (Lipinski definition) is 2. The van der Waals surface area contributed by atoms with E-state index in [1.807, 2.05) is 13.8 Å². The summed E-state index contributed by atoms with van der Waals surface area (Å²) in [6.45, 7) is 5.68. The van der Waals surface area contributed by atoms with Crippen molar-refractivity contribution in [3.8, 4) is 0 Å². The molecule has 0 bridgehead atoms. The van der Waals surface area contributed by atoms with Gasteiger partial charge in [-0.05, 0) is 33.2 Å². The highest BCUT2D eigenvalue weighted by Gasteiger charge is 2.24. The number of nitrogens with one attached hydrogen (secondary N) is 2. The van der Waals surface area contributed by atoms with Gasteiger partial charge >= 0.3 is 0 Å². The molecule has 1 aliphatic heterocycles. The van der Waals surface area contributed by atoms with Crippen LogP contribution in [0.3, 0.4) is 0 Å². The zero-order valence-electron chi connectivity index (χ0n) is 9.26. The Hall–Kier alpha value is -1.16. The van der Waals surface area contributed by atoms with Crippen LogP contribution in [-0.2, 0) is 0 Å². The molecular formula is C11H17N3O. The Morgan fingerprint density at radius 1 is 1.47 bits per heavy atom. The van der Waals surface area contributed by atoms with Gasteiger partial charge in [0, 0.05) is 18.2 Å². The van der Waals surface area contributed by atoms with E-state index in [1.165, 1.54) is 0 Å². The quantitative estimate of drug-likeness (QED) is 0.717. The summed E-state index contributed by atoms with van der Waals surface area (Å²) in [6, 6.07) is 0. The molecule has 1 aromatic rings. The molecule has 2 heterocycles. The molecule has 0 radical (unpaired) electrons. The molecule has 1 atom stereocenters. The van der Waals surface area contributed by atoms with Crippen LogP contribution < -0.4 is 5.32 Å². The maximum absolute atomic E-state index is 12.0. The average molecular weight is 207 g/mol. The number of hydrogen-bond acceptors (Lipinski definition) is 3. The molecule has 1 saturated heterocycles. The van der Waals surface area contributed by atoms with Crippen LogP contribution in [0.2, 0.25) is 0 Å². The van der Waals surface area contributed by atoms with Crippen LogP contribution in [0.1, 0.15) is 34.8 Å². The van der Waals surface area contributed by atoms with Gasteiger partial charge in [-0.1, -0.05) is 0 Å². The maximum atomic E-state index is 12.0. The van der Waals surface area contributed by atoms with E-state index in [4.69, 9.17) is 0 Å². The van der Waals surface area contributed by atoms with Crippen LogP contribution in [0.5, 0.6) is 0 Å². The summed E-state index contributed by atoms with van der Waals surface area (Å²) in [6.07, 6.45) is 2.06. The average Bonchev–Trinajstić information content (AvgIpc) is 2.59. The highest BCUT2D eigenvalue weighted by Crippen LogP contribution is 2.15. The van der Waals surface area contributed by atoms with E-state index in [0.29, 0.717) is 5.82 Å². The fourth-order valence-corrected chi connectivity index (χ4v) is 1.93.